The molecule has 0 spiro atoms. The molecule has 0 unspecified atom stereocenters. The van der Waals surface area contributed by atoms with Crippen molar-refractivity contribution in [3.8, 4) is 0 Å². The van der Waals surface area contributed by atoms with Crippen molar-refractivity contribution < 1.29 is 97.9 Å². The molecule has 0 aliphatic heterocycles. The topological polar surface area (TPSA) is 26.3 Å². The van der Waals surface area contributed by atoms with Crippen molar-refractivity contribution in [1.82, 2.24) is 0 Å². The summed E-state index contributed by atoms with van der Waals surface area (Å²) < 4.78 is 160. The van der Waals surface area contributed by atoms with Crippen LogP contribution in [-0.4, -0.2) is 42.0 Å². The fraction of sp³-hybridized carbons (Fsp3) is 0.857. The molecule has 2 nitrogen and oxygen atoms in total. The molecular formula is C7H2F13NaO2. The molecule has 0 radical (unpaired) electrons. The quantitative estimate of drug-likeness (QED) is 0.501. The van der Waals surface area contributed by atoms with E-state index in [1.54, 1.807) is 0 Å². The Bertz CT molecular complexity index is 440. The Morgan fingerprint density at radius 3 is 1.39 bits per heavy atom. The second kappa shape index (κ2) is 6.82. The summed E-state index contributed by atoms with van der Waals surface area (Å²) in [5, 5.41) is 0. The molecule has 0 aromatic carbocycles. The molecule has 0 heterocycles. The van der Waals surface area contributed by atoms with E-state index in [0.717, 1.165) is 0 Å². The van der Waals surface area contributed by atoms with Gasteiger partial charge in [0.15, 0.2) is 0 Å². The van der Waals surface area contributed by atoms with Crippen molar-refractivity contribution in [2.24, 2.45) is 0 Å². The number of carbonyl (C=O) groups excluding carboxylic acids is 1. The number of halogens is 13. The first-order chi connectivity index (χ1) is 9.42. The van der Waals surface area contributed by atoms with Gasteiger partial charge in [-0.2, -0.15) is 43.9 Å². The van der Waals surface area contributed by atoms with Crippen molar-refractivity contribution in [2.75, 3.05) is 0 Å². The summed E-state index contributed by atoms with van der Waals surface area (Å²) in [4.78, 5) is 11.4. The van der Waals surface area contributed by atoms with Crippen molar-refractivity contribution in [3.05, 3.63) is 0 Å². The minimum atomic E-state index is -7.89. The molecule has 0 fully saturated rings. The number of rotatable bonds is 6. The normalized spacial score (nSPS) is 14.5. The van der Waals surface area contributed by atoms with E-state index in [9.17, 15) is 62.0 Å². The Kier molecular flexibility index (Phi) is 7.35. The van der Waals surface area contributed by atoms with E-state index in [1.807, 2.05) is 0 Å². The smallest absolute Gasteiger partial charge is 1.00 e. The molecule has 0 rings (SSSR count). The van der Waals surface area contributed by atoms with Crippen LogP contribution in [0.15, 0.2) is 0 Å². The fourth-order valence-corrected chi connectivity index (χ4v) is 0.917. The maximum absolute atomic E-state index is 12.7. The van der Waals surface area contributed by atoms with Gasteiger partial charge in [0.2, 0.25) is 0 Å². The van der Waals surface area contributed by atoms with Crippen molar-refractivity contribution in [2.45, 2.75) is 36.0 Å². The van der Waals surface area contributed by atoms with E-state index >= 15 is 0 Å². The molecule has 0 saturated heterocycles. The molecule has 0 aliphatic carbocycles. The van der Waals surface area contributed by atoms with Crippen LogP contribution in [0, 0.1) is 0 Å². The second-order valence-corrected chi connectivity index (χ2v) is 3.59. The van der Waals surface area contributed by atoms with E-state index in [0.29, 0.717) is 0 Å². The molecule has 0 saturated carbocycles. The standard InChI is InChI=1S/C7HF13O2.Na.H/c8-1(9)3(10,11)5(14,15)7(18,19)6(16,17)4(12,13)2(21)22-20;;/h1H;;/q;+1;-1. The first-order valence-electron chi connectivity index (χ1n) is 4.43. The predicted molar refractivity (Wildman–Crippen MR) is 39.1 cm³/mol. The van der Waals surface area contributed by atoms with Gasteiger partial charge in [-0.25, -0.2) is 18.5 Å². The van der Waals surface area contributed by atoms with Crippen LogP contribution in [0.1, 0.15) is 1.43 Å². The van der Waals surface area contributed by atoms with E-state index in [1.165, 1.54) is 4.94 Å². The average molecular weight is 388 g/mol. The molecule has 16 heteroatoms. The van der Waals surface area contributed by atoms with E-state index in [4.69, 9.17) is 0 Å². The predicted octanol–water partition coefficient (Wildman–Crippen LogP) is 0.972. The maximum atomic E-state index is 12.7. The van der Waals surface area contributed by atoms with Crippen LogP contribution in [-0.2, 0) is 9.74 Å². The Balaban J connectivity index is -0.00000220. The Morgan fingerprint density at radius 1 is 0.783 bits per heavy atom. The first-order valence-corrected chi connectivity index (χ1v) is 4.43. The average Bonchev–Trinajstić information content (AvgIpc) is 2.36. The van der Waals surface area contributed by atoms with Crippen LogP contribution >= 0.6 is 0 Å². The fourth-order valence-electron chi connectivity index (χ4n) is 0.917. The molecule has 134 valence electrons. The number of alkyl halides is 12. The summed E-state index contributed by atoms with van der Waals surface area (Å²) >= 11 is 0. The minimum absolute atomic E-state index is 0. The van der Waals surface area contributed by atoms with Gasteiger partial charge in [0.05, 0.1) is 0 Å². The molecule has 0 amide bonds. The number of carbonyl (C=O) groups is 1. The van der Waals surface area contributed by atoms with Gasteiger partial charge in [-0.1, -0.05) is 0 Å². The minimum Gasteiger partial charge on any atom is -1.00 e. The van der Waals surface area contributed by atoms with Gasteiger partial charge < -0.3 is 1.43 Å². The maximum Gasteiger partial charge on any atom is 1.00 e. The Labute approximate surface area is 140 Å². The summed E-state index contributed by atoms with van der Waals surface area (Å²) in [5.74, 6) is -41.7. The van der Waals surface area contributed by atoms with E-state index in [2.05, 4.69) is 0 Å². The Morgan fingerprint density at radius 2 is 1.13 bits per heavy atom. The van der Waals surface area contributed by atoms with Gasteiger partial charge in [-0.05, 0) is 0 Å². The zero-order valence-electron chi connectivity index (χ0n) is 11.3. The molecule has 0 aromatic heterocycles. The summed E-state index contributed by atoms with van der Waals surface area (Å²) in [6, 6.07) is 0. The van der Waals surface area contributed by atoms with Gasteiger partial charge >= 0.3 is 71.6 Å². The third kappa shape index (κ3) is 3.36. The first kappa shape index (κ1) is 24.8. The molecular weight excluding hydrogens is 386 g/mol. The third-order valence-corrected chi connectivity index (χ3v) is 2.20. The summed E-state index contributed by atoms with van der Waals surface area (Å²) in [7, 11) is 0. The van der Waals surface area contributed by atoms with Crippen LogP contribution < -0.4 is 29.6 Å². The zero-order valence-corrected chi connectivity index (χ0v) is 12.3. The van der Waals surface area contributed by atoms with Crippen LogP contribution in [0.5, 0.6) is 0 Å². The summed E-state index contributed by atoms with van der Waals surface area (Å²) in [6.07, 6.45) is -5.66. The molecule has 0 bridgehead atoms. The number of hydrogen-bond donors (Lipinski definition) is 0. The molecule has 0 N–H and O–H groups in total. The van der Waals surface area contributed by atoms with Gasteiger partial charge in [0.25, 0.3) is 0 Å². The van der Waals surface area contributed by atoms with E-state index in [-0.39, 0.29) is 31.0 Å². The van der Waals surface area contributed by atoms with Crippen molar-refractivity contribution in [3.63, 3.8) is 0 Å². The van der Waals surface area contributed by atoms with Crippen LogP contribution in [0.25, 0.3) is 0 Å². The van der Waals surface area contributed by atoms with Gasteiger partial charge in [-0.15, -0.1) is 0 Å². The van der Waals surface area contributed by atoms with Crippen molar-refractivity contribution >= 4 is 5.97 Å². The number of hydrogen-bond acceptors (Lipinski definition) is 2. The second-order valence-electron chi connectivity index (χ2n) is 3.59. The van der Waals surface area contributed by atoms with Crippen LogP contribution in [0.2, 0.25) is 0 Å². The third-order valence-electron chi connectivity index (χ3n) is 2.20. The Hall–Kier alpha value is -0.440. The molecule has 23 heavy (non-hydrogen) atoms. The largest absolute Gasteiger partial charge is 1.00 e. The molecule has 0 aromatic rings. The SMILES string of the molecule is O=C(OF)C(F)(F)C(F)(F)C(F)(F)C(F)(F)C(F)(F)C(F)F.[H-].[Na+]. The molecule has 0 aliphatic rings. The van der Waals surface area contributed by atoms with Crippen LogP contribution in [0.3, 0.4) is 0 Å². The van der Waals surface area contributed by atoms with Gasteiger partial charge in [-0.3, -0.25) is 0 Å². The molecule has 0 atom stereocenters. The summed E-state index contributed by atoms with van der Waals surface area (Å²) in [6.45, 7) is 0. The summed E-state index contributed by atoms with van der Waals surface area (Å²) in [5.41, 5.74) is 0. The van der Waals surface area contributed by atoms with Crippen molar-refractivity contribution in [1.29, 1.82) is 0 Å². The van der Waals surface area contributed by atoms with Crippen LogP contribution in [0.4, 0.5) is 57.2 Å². The monoisotopic (exact) mass is 388 g/mol. The van der Waals surface area contributed by atoms with E-state index < -0.39 is 42.0 Å². The zero-order chi connectivity index (χ0) is 18.4. The van der Waals surface area contributed by atoms with Gasteiger partial charge in [0, 0.05) is 4.53 Å². The van der Waals surface area contributed by atoms with Gasteiger partial charge in [0.1, 0.15) is 0 Å².